The molecule has 1 N–H and O–H groups in total. The summed E-state index contributed by atoms with van der Waals surface area (Å²) < 4.78 is 0. The van der Waals surface area contributed by atoms with Crippen LogP contribution in [0.2, 0.25) is 0 Å². The Morgan fingerprint density at radius 3 is 2.71 bits per heavy atom. The van der Waals surface area contributed by atoms with E-state index in [-0.39, 0.29) is 12.5 Å². The highest BCUT2D eigenvalue weighted by Gasteiger charge is 2.22. The summed E-state index contributed by atoms with van der Waals surface area (Å²) in [5.41, 5.74) is 1.26. The zero-order chi connectivity index (χ0) is 12.1. The van der Waals surface area contributed by atoms with Crippen LogP contribution in [0, 0.1) is 0 Å². The third kappa shape index (κ3) is 3.30. The molecular formula is C15H23NO. The zero-order valence-corrected chi connectivity index (χ0v) is 10.7. The minimum atomic E-state index is 0.243. The van der Waals surface area contributed by atoms with Crippen LogP contribution in [0.15, 0.2) is 30.3 Å². The van der Waals surface area contributed by atoms with E-state index in [2.05, 4.69) is 36.1 Å². The average Bonchev–Trinajstić information content (AvgIpc) is 2.39. The van der Waals surface area contributed by atoms with Crippen LogP contribution < -0.4 is 0 Å². The Kier molecular flexibility index (Phi) is 4.57. The van der Waals surface area contributed by atoms with Gasteiger partial charge < -0.3 is 5.11 Å². The molecule has 1 aliphatic heterocycles. The quantitative estimate of drug-likeness (QED) is 0.864. The normalized spacial score (nSPS) is 23.5. The van der Waals surface area contributed by atoms with Crippen molar-refractivity contribution in [3.63, 3.8) is 0 Å². The van der Waals surface area contributed by atoms with E-state index in [1.54, 1.807) is 0 Å². The highest BCUT2D eigenvalue weighted by Crippen LogP contribution is 2.22. The number of piperidine rings is 1. The molecule has 0 aliphatic carbocycles. The van der Waals surface area contributed by atoms with Crippen molar-refractivity contribution in [3.05, 3.63) is 35.9 Å². The van der Waals surface area contributed by atoms with Gasteiger partial charge in [-0.15, -0.1) is 0 Å². The third-order valence-corrected chi connectivity index (χ3v) is 3.89. The van der Waals surface area contributed by atoms with Crippen LogP contribution in [0.1, 0.15) is 37.7 Å². The number of nitrogens with zero attached hydrogens (tertiary/aromatic N) is 1. The number of hydrogen-bond acceptors (Lipinski definition) is 2. The van der Waals surface area contributed by atoms with Crippen molar-refractivity contribution in [1.82, 2.24) is 4.90 Å². The Hall–Kier alpha value is -0.860. The molecule has 1 saturated heterocycles. The van der Waals surface area contributed by atoms with Gasteiger partial charge in [-0.2, -0.15) is 0 Å². The molecule has 2 heteroatoms. The molecule has 0 amide bonds. The van der Waals surface area contributed by atoms with Gasteiger partial charge in [0.05, 0.1) is 6.61 Å². The molecule has 0 spiro atoms. The Labute approximate surface area is 104 Å². The molecule has 2 rings (SSSR count). The van der Waals surface area contributed by atoms with Gasteiger partial charge in [0.2, 0.25) is 0 Å². The van der Waals surface area contributed by atoms with Crippen molar-refractivity contribution < 1.29 is 5.11 Å². The zero-order valence-electron chi connectivity index (χ0n) is 10.7. The van der Waals surface area contributed by atoms with Gasteiger partial charge in [0.25, 0.3) is 0 Å². The fraction of sp³-hybridized carbons (Fsp3) is 0.600. The van der Waals surface area contributed by atoms with Crippen LogP contribution in [0.4, 0.5) is 0 Å². The van der Waals surface area contributed by atoms with Gasteiger partial charge in [-0.25, -0.2) is 0 Å². The number of aliphatic hydroxyl groups is 1. The van der Waals surface area contributed by atoms with E-state index in [0.29, 0.717) is 6.04 Å². The molecule has 1 fully saturated rings. The van der Waals surface area contributed by atoms with Gasteiger partial charge in [-0.05, 0) is 31.9 Å². The summed E-state index contributed by atoms with van der Waals surface area (Å²) in [4.78, 5) is 2.53. The van der Waals surface area contributed by atoms with E-state index < -0.39 is 0 Å². The number of likely N-dealkylation sites (tertiary alicyclic amines) is 1. The first kappa shape index (κ1) is 12.6. The van der Waals surface area contributed by atoms with Crippen molar-refractivity contribution in [2.75, 3.05) is 19.7 Å². The van der Waals surface area contributed by atoms with Gasteiger partial charge in [0, 0.05) is 18.5 Å². The van der Waals surface area contributed by atoms with E-state index in [4.69, 9.17) is 0 Å². The standard InChI is InChI=1S/C15H23NO/c1-13-7-5-6-10-16(13)11-15(12-17)14-8-3-2-4-9-14/h2-4,8-9,13,15,17H,5-7,10-12H2,1H3/t13-,15+/m0/s1. The molecule has 94 valence electrons. The smallest absolute Gasteiger partial charge is 0.0512 e. The molecule has 0 saturated carbocycles. The van der Waals surface area contributed by atoms with Crippen molar-refractivity contribution in [2.45, 2.75) is 38.1 Å². The minimum Gasteiger partial charge on any atom is -0.396 e. The molecule has 17 heavy (non-hydrogen) atoms. The molecule has 1 aliphatic rings. The predicted octanol–water partition coefficient (Wildman–Crippen LogP) is 2.64. The number of rotatable bonds is 4. The van der Waals surface area contributed by atoms with Crippen LogP contribution in [0.5, 0.6) is 0 Å². The second kappa shape index (κ2) is 6.18. The first-order valence-electron chi connectivity index (χ1n) is 6.71. The topological polar surface area (TPSA) is 23.5 Å². The van der Waals surface area contributed by atoms with Gasteiger partial charge in [-0.3, -0.25) is 4.90 Å². The highest BCUT2D eigenvalue weighted by molar-refractivity contribution is 5.20. The average molecular weight is 233 g/mol. The lowest BCUT2D eigenvalue weighted by Gasteiger charge is -2.35. The molecule has 0 bridgehead atoms. The van der Waals surface area contributed by atoms with E-state index in [1.807, 2.05) is 6.07 Å². The van der Waals surface area contributed by atoms with E-state index >= 15 is 0 Å². The fourth-order valence-corrected chi connectivity index (χ4v) is 2.71. The molecule has 1 heterocycles. The molecular weight excluding hydrogens is 210 g/mol. The molecule has 1 aromatic carbocycles. The molecule has 2 nitrogen and oxygen atoms in total. The maximum atomic E-state index is 9.57. The number of aliphatic hydroxyl groups excluding tert-OH is 1. The molecule has 0 unspecified atom stereocenters. The van der Waals surface area contributed by atoms with E-state index in [0.717, 1.165) is 6.54 Å². The maximum Gasteiger partial charge on any atom is 0.0512 e. The first-order chi connectivity index (χ1) is 8.31. The molecule has 0 radical (unpaired) electrons. The van der Waals surface area contributed by atoms with Crippen LogP contribution in [0.3, 0.4) is 0 Å². The SMILES string of the molecule is C[C@H]1CCCCN1C[C@H](CO)c1ccccc1. The third-order valence-electron chi connectivity index (χ3n) is 3.89. The second-order valence-corrected chi connectivity index (χ2v) is 5.13. The summed E-state index contributed by atoms with van der Waals surface area (Å²) in [6, 6.07) is 11.0. The van der Waals surface area contributed by atoms with Crippen molar-refractivity contribution in [2.24, 2.45) is 0 Å². The van der Waals surface area contributed by atoms with Crippen LogP contribution in [-0.4, -0.2) is 35.7 Å². The lowest BCUT2D eigenvalue weighted by atomic mass is 9.96. The number of hydrogen-bond donors (Lipinski definition) is 1. The van der Waals surface area contributed by atoms with Crippen LogP contribution in [-0.2, 0) is 0 Å². The Balaban J connectivity index is 1.99. The summed E-state index contributed by atoms with van der Waals surface area (Å²) in [7, 11) is 0. The molecule has 0 aromatic heterocycles. The van der Waals surface area contributed by atoms with Gasteiger partial charge in [0.1, 0.15) is 0 Å². The summed E-state index contributed by atoms with van der Waals surface area (Å²) in [5, 5.41) is 9.57. The monoisotopic (exact) mass is 233 g/mol. The lowest BCUT2D eigenvalue weighted by molar-refractivity contribution is 0.132. The van der Waals surface area contributed by atoms with Crippen molar-refractivity contribution in [1.29, 1.82) is 0 Å². The molecule has 2 atom stereocenters. The van der Waals surface area contributed by atoms with E-state index in [9.17, 15) is 5.11 Å². The summed E-state index contributed by atoms with van der Waals surface area (Å²) in [6.07, 6.45) is 3.96. The van der Waals surface area contributed by atoms with E-state index in [1.165, 1.54) is 31.4 Å². The lowest BCUT2D eigenvalue weighted by Crippen LogP contribution is -2.40. The Bertz CT molecular complexity index is 325. The largest absolute Gasteiger partial charge is 0.396 e. The van der Waals surface area contributed by atoms with Crippen LogP contribution in [0.25, 0.3) is 0 Å². The van der Waals surface area contributed by atoms with Crippen molar-refractivity contribution >= 4 is 0 Å². The highest BCUT2D eigenvalue weighted by atomic mass is 16.3. The minimum absolute atomic E-state index is 0.243. The maximum absolute atomic E-state index is 9.57. The predicted molar refractivity (Wildman–Crippen MR) is 71.2 cm³/mol. The summed E-state index contributed by atoms with van der Waals surface area (Å²) >= 11 is 0. The Morgan fingerprint density at radius 2 is 2.06 bits per heavy atom. The Morgan fingerprint density at radius 1 is 1.29 bits per heavy atom. The summed E-state index contributed by atoms with van der Waals surface area (Å²) in [6.45, 7) is 4.72. The molecule has 1 aromatic rings. The number of benzene rings is 1. The van der Waals surface area contributed by atoms with Gasteiger partial charge in [0.15, 0.2) is 0 Å². The first-order valence-corrected chi connectivity index (χ1v) is 6.71. The second-order valence-electron chi connectivity index (χ2n) is 5.13. The van der Waals surface area contributed by atoms with Gasteiger partial charge in [-0.1, -0.05) is 36.8 Å². The van der Waals surface area contributed by atoms with Crippen LogP contribution >= 0.6 is 0 Å². The van der Waals surface area contributed by atoms with Crippen molar-refractivity contribution in [3.8, 4) is 0 Å². The van der Waals surface area contributed by atoms with Gasteiger partial charge >= 0.3 is 0 Å². The summed E-state index contributed by atoms with van der Waals surface area (Å²) in [5.74, 6) is 0.261. The fourth-order valence-electron chi connectivity index (χ4n) is 2.71.